The number of amides is 1. The van der Waals surface area contributed by atoms with Crippen molar-refractivity contribution in [2.75, 3.05) is 27.4 Å². The van der Waals surface area contributed by atoms with Gasteiger partial charge in [0.25, 0.3) is 5.91 Å². The Kier molecular flexibility index (Phi) is 7.32. The summed E-state index contributed by atoms with van der Waals surface area (Å²) in [7, 11) is 3.11. The topological polar surface area (TPSA) is 74.6 Å². The maximum absolute atomic E-state index is 12.7. The van der Waals surface area contributed by atoms with Crippen molar-refractivity contribution in [1.82, 2.24) is 14.9 Å². The summed E-state index contributed by atoms with van der Waals surface area (Å²) in [6, 6.07) is 21.1. The van der Waals surface area contributed by atoms with Crippen molar-refractivity contribution in [3.8, 4) is 17.2 Å². The van der Waals surface area contributed by atoms with Crippen molar-refractivity contribution in [2.24, 2.45) is 0 Å². The van der Waals surface area contributed by atoms with Gasteiger partial charge in [0, 0.05) is 18.5 Å². The lowest BCUT2D eigenvalue weighted by Crippen LogP contribution is -2.26. The molecule has 1 aromatic heterocycles. The second kappa shape index (κ2) is 10.7. The molecule has 0 spiro atoms. The molecule has 0 aliphatic heterocycles. The van der Waals surface area contributed by atoms with Crippen LogP contribution in [0.4, 0.5) is 0 Å². The molecule has 1 heterocycles. The summed E-state index contributed by atoms with van der Waals surface area (Å²) < 4.78 is 18.7. The number of imidazole rings is 1. The summed E-state index contributed by atoms with van der Waals surface area (Å²) in [5.41, 5.74) is 3.60. The van der Waals surface area contributed by atoms with Gasteiger partial charge >= 0.3 is 0 Å². The van der Waals surface area contributed by atoms with E-state index in [1.54, 1.807) is 32.4 Å². The van der Waals surface area contributed by atoms with Crippen LogP contribution in [0.3, 0.4) is 0 Å². The number of rotatable bonds is 10. The molecule has 7 nitrogen and oxygen atoms in total. The van der Waals surface area contributed by atoms with Gasteiger partial charge in [-0.1, -0.05) is 30.3 Å². The number of nitrogens with one attached hydrogen (secondary N) is 1. The first-order valence-corrected chi connectivity index (χ1v) is 11.2. The van der Waals surface area contributed by atoms with Crippen LogP contribution in [-0.4, -0.2) is 42.8 Å². The average molecular weight is 460 g/mol. The first kappa shape index (κ1) is 23.2. The van der Waals surface area contributed by atoms with E-state index in [1.807, 2.05) is 49.4 Å². The van der Waals surface area contributed by atoms with Gasteiger partial charge in [0.2, 0.25) is 0 Å². The summed E-state index contributed by atoms with van der Waals surface area (Å²) in [6.07, 6.45) is 0.595. The molecule has 0 radical (unpaired) electrons. The third-order valence-electron chi connectivity index (χ3n) is 5.68. The van der Waals surface area contributed by atoms with E-state index in [1.165, 1.54) is 0 Å². The van der Waals surface area contributed by atoms with Gasteiger partial charge in [0.1, 0.15) is 18.2 Å². The van der Waals surface area contributed by atoms with Crippen LogP contribution in [0.25, 0.3) is 11.0 Å². The normalized spacial score (nSPS) is 10.8. The fourth-order valence-corrected chi connectivity index (χ4v) is 3.90. The Labute approximate surface area is 199 Å². The van der Waals surface area contributed by atoms with Crippen LogP contribution in [0.5, 0.6) is 17.2 Å². The molecule has 3 aromatic carbocycles. The smallest absolute Gasteiger partial charge is 0.251 e. The zero-order valence-electron chi connectivity index (χ0n) is 19.7. The number of hydrogen-bond acceptors (Lipinski definition) is 5. The van der Waals surface area contributed by atoms with E-state index in [4.69, 9.17) is 19.2 Å². The van der Waals surface area contributed by atoms with Crippen molar-refractivity contribution >= 4 is 16.9 Å². The molecule has 4 aromatic rings. The monoisotopic (exact) mass is 459 g/mol. The Morgan fingerprint density at radius 2 is 1.71 bits per heavy atom. The molecule has 176 valence electrons. The van der Waals surface area contributed by atoms with Gasteiger partial charge in [-0.25, -0.2) is 4.98 Å². The molecule has 0 saturated carbocycles. The number of carbonyl (C=O) groups excluding carboxylic acids is 1. The van der Waals surface area contributed by atoms with Crippen molar-refractivity contribution in [1.29, 1.82) is 0 Å². The Bertz CT molecular complexity index is 1280. The number of aryl methyl sites for hydroxylation is 1. The maximum atomic E-state index is 12.7. The van der Waals surface area contributed by atoms with Crippen LogP contribution in [0.1, 0.15) is 21.7 Å². The maximum Gasteiger partial charge on any atom is 0.251 e. The molecule has 7 heteroatoms. The van der Waals surface area contributed by atoms with Gasteiger partial charge in [-0.15, -0.1) is 0 Å². The van der Waals surface area contributed by atoms with Crippen molar-refractivity contribution in [2.45, 2.75) is 19.9 Å². The van der Waals surface area contributed by atoms with Crippen molar-refractivity contribution < 1.29 is 19.0 Å². The highest BCUT2D eigenvalue weighted by atomic mass is 16.5. The predicted octanol–water partition coefficient (Wildman–Crippen LogP) is 4.41. The fraction of sp³-hybridized carbons (Fsp3) is 0.259. The number of fused-ring (bicyclic) bond motifs is 1. The summed E-state index contributed by atoms with van der Waals surface area (Å²) in [5, 5.41) is 2.98. The Morgan fingerprint density at radius 3 is 2.50 bits per heavy atom. The van der Waals surface area contributed by atoms with Gasteiger partial charge in [0.15, 0.2) is 11.5 Å². The molecular weight excluding hydrogens is 430 g/mol. The number of nitrogens with zero attached hydrogens (tertiary/aromatic N) is 2. The standard InChI is InChI=1S/C27H29N3O4/c1-19-8-4-7-11-23(19)34-17-16-30-22-10-6-5-9-21(22)29-26(30)14-15-28-27(31)20-12-13-24(32-2)25(18-20)33-3/h4-13,18H,14-17H2,1-3H3,(H,28,31). The largest absolute Gasteiger partial charge is 0.493 e. The van der Waals surface area contributed by atoms with Gasteiger partial charge in [-0.2, -0.15) is 0 Å². The van der Waals surface area contributed by atoms with Crippen LogP contribution in [-0.2, 0) is 13.0 Å². The molecule has 1 amide bonds. The second-order valence-electron chi connectivity index (χ2n) is 7.86. The molecule has 4 rings (SSSR count). The minimum absolute atomic E-state index is 0.175. The molecule has 0 aliphatic carbocycles. The first-order valence-electron chi connectivity index (χ1n) is 11.2. The zero-order valence-corrected chi connectivity index (χ0v) is 19.7. The summed E-state index contributed by atoms with van der Waals surface area (Å²) in [4.78, 5) is 17.5. The van der Waals surface area contributed by atoms with E-state index in [-0.39, 0.29) is 5.91 Å². The number of benzene rings is 3. The SMILES string of the molecule is COc1ccc(C(=O)NCCc2nc3ccccc3n2CCOc2ccccc2C)cc1OC. The molecule has 0 bridgehead atoms. The lowest BCUT2D eigenvalue weighted by molar-refractivity contribution is 0.0953. The lowest BCUT2D eigenvalue weighted by Gasteiger charge is -2.13. The Morgan fingerprint density at radius 1 is 0.941 bits per heavy atom. The minimum atomic E-state index is -0.175. The molecule has 0 aliphatic rings. The average Bonchev–Trinajstić information content (AvgIpc) is 3.22. The van der Waals surface area contributed by atoms with Crippen LogP contribution in [0.15, 0.2) is 66.7 Å². The van der Waals surface area contributed by atoms with Crippen LogP contribution in [0.2, 0.25) is 0 Å². The van der Waals surface area contributed by atoms with Gasteiger partial charge in [-0.05, 0) is 48.9 Å². The highest BCUT2D eigenvalue weighted by Gasteiger charge is 2.13. The van der Waals surface area contributed by atoms with E-state index in [0.29, 0.717) is 43.2 Å². The molecular formula is C27H29N3O4. The predicted molar refractivity (Wildman–Crippen MR) is 132 cm³/mol. The number of para-hydroxylation sites is 3. The quantitative estimate of drug-likeness (QED) is 0.380. The third-order valence-corrected chi connectivity index (χ3v) is 5.68. The zero-order chi connectivity index (χ0) is 23.9. The lowest BCUT2D eigenvalue weighted by atomic mass is 10.2. The molecule has 0 unspecified atom stereocenters. The number of aromatic nitrogens is 2. The van der Waals surface area contributed by atoms with Gasteiger partial charge in [-0.3, -0.25) is 4.79 Å². The number of methoxy groups -OCH3 is 2. The molecule has 34 heavy (non-hydrogen) atoms. The van der Waals surface area contributed by atoms with Crippen molar-refractivity contribution in [3.05, 3.63) is 83.7 Å². The van der Waals surface area contributed by atoms with Crippen LogP contribution < -0.4 is 19.5 Å². The Hall–Kier alpha value is -4.00. The minimum Gasteiger partial charge on any atom is -0.493 e. The van der Waals surface area contributed by atoms with Crippen LogP contribution >= 0.6 is 0 Å². The number of ether oxygens (including phenoxy) is 3. The van der Waals surface area contributed by atoms with E-state index >= 15 is 0 Å². The molecule has 0 atom stereocenters. The Balaban J connectivity index is 1.42. The molecule has 1 N–H and O–H groups in total. The van der Waals surface area contributed by atoms with E-state index < -0.39 is 0 Å². The third kappa shape index (κ3) is 5.14. The molecule has 0 fully saturated rings. The highest BCUT2D eigenvalue weighted by molar-refractivity contribution is 5.94. The summed E-state index contributed by atoms with van der Waals surface area (Å²) in [5.74, 6) is 2.72. The number of carbonyl (C=O) groups is 1. The summed E-state index contributed by atoms with van der Waals surface area (Å²) in [6.45, 7) is 3.67. The molecule has 0 saturated heterocycles. The van der Waals surface area contributed by atoms with E-state index in [0.717, 1.165) is 28.2 Å². The first-order chi connectivity index (χ1) is 16.6. The van der Waals surface area contributed by atoms with E-state index in [9.17, 15) is 4.79 Å². The van der Waals surface area contributed by atoms with Crippen molar-refractivity contribution in [3.63, 3.8) is 0 Å². The summed E-state index contributed by atoms with van der Waals surface area (Å²) >= 11 is 0. The van der Waals surface area contributed by atoms with Crippen LogP contribution in [0, 0.1) is 6.92 Å². The number of hydrogen-bond donors (Lipinski definition) is 1. The van der Waals surface area contributed by atoms with Gasteiger partial charge < -0.3 is 24.1 Å². The second-order valence-corrected chi connectivity index (χ2v) is 7.86. The van der Waals surface area contributed by atoms with Gasteiger partial charge in [0.05, 0.1) is 31.8 Å². The fourth-order valence-electron chi connectivity index (χ4n) is 3.90. The van der Waals surface area contributed by atoms with E-state index in [2.05, 4.69) is 16.0 Å². The highest BCUT2D eigenvalue weighted by Crippen LogP contribution is 2.27.